The molecular weight excluding hydrogens is 337 g/mol. The Bertz CT molecular complexity index is 447. The average molecular weight is 349 g/mol. The summed E-state index contributed by atoms with van der Waals surface area (Å²) in [5.74, 6) is -0.521. The van der Waals surface area contributed by atoms with Gasteiger partial charge in [0.2, 0.25) is 0 Å². The molecule has 0 fully saturated rings. The monoisotopic (exact) mass is 349 g/mol. The molecule has 0 bridgehead atoms. The molecule has 1 unspecified atom stereocenters. The summed E-state index contributed by atoms with van der Waals surface area (Å²) >= 11 is 1.95. The smallest absolute Gasteiger partial charge is 0.339 e. The first-order valence-electron chi connectivity index (χ1n) is 5.10. The Kier molecular flexibility index (Phi) is 4.86. The fourth-order valence-corrected chi connectivity index (χ4v) is 1.67. The lowest BCUT2D eigenvalue weighted by atomic mass is 10.2. The number of nitro benzene ring substituents is 1. The van der Waals surface area contributed by atoms with Gasteiger partial charge in [-0.25, -0.2) is 4.79 Å². The van der Waals surface area contributed by atoms with Crippen molar-refractivity contribution in [2.24, 2.45) is 0 Å². The van der Waals surface area contributed by atoms with E-state index in [0.29, 0.717) is 9.99 Å². The number of hydrogen-bond acceptors (Lipinski definition) is 4. The summed E-state index contributed by atoms with van der Waals surface area (Å²) in [5, 5.41) is 10.6. The van der Waals surface area contributed by atoms with Gasteiger partial charge in [0.1, 0.15) is 0 Å². The van der Waals surface area contributed by atoms with Crippen LogP contribution in [0.2, 0.25) is 0 Å². The molecule has 1 aromatic rings. The van der Waals surface area contributed by atoms with Gasteiger partial charge in [0.25, 0.3) is 5.69 Å². The Morgan fingerprint density at radius 1 is 1.59 bits per heavy atom. The maximum atomic E-state index is 11.8. The fraction of sp³-hybridized carbons (Fsp3) is 0.364. The third kappa shape index (κ3) is 3.65. The van der Waals surface area contributed by atoms with E-state index in [-0.39, 0.29) is 17.4 Å². The minimum absolute atomic E-state index is 0.110. The molecule has 1 atom stereocenters. The predicted octanol–water partition coefficient (Wildman–Crippen LogP) is 3.15. The van der Waals surface area contributed by atoms with Crippen LogP contribution in [-0.2, 0) is 4.74 Å². The Labute approximate surface area is 112 Å². The molecule has 0 amide bonds. The molecule has 0 aliphatic rings. The van der Waals surface area contributed by atoms with E-state index in [1.165, 1.54) is 18.2 Å². The normalized spacial score (nSPS) is 11.9. The number of carbonyl (C=O) groups excluding carboxylic acids is 1. The van der Waals surface area contributed by atoms with Gasteiger partial charge in [-0.3, -0.25) is 10.1 Å². The van der Waals surface area contributed by atoms with Crippen molar-refractivity contribution in [3.8, 4) is 0 Å². The molecule has 0 radical (unpaired) electrons. The van der Waals surface area contributed by atoms with Crippen molar-refractivity contribution in [3.63, 3.8) is 0 Å². The lowest BCUT2D eigenvalue weighted by molar-refractivity contribution is -0.384. The number of benzene rings is 1. The van der Waals surface area contributed by atoms with Crippen LogP contribution >= 0.6 is 22.6 Å². The maximum Gasteiger partial charge on any atom is 0.339 e. The van der Waals surface area contributed by atoms with E-state index in [1.54, 1.807) is 6.92 Å². The highest BCUT2D eigenvalue weighted by Gasteiger charge is 2.18. The Hall–Kier alpha value is -1.18. The van der Waals surface area contributed by atoms with Crippen LogP contribution in [0.5, 0.6) is 0 Å². The second-order valence-corrected chi connectivity index (χ2v) is 4.71. The zero-order valence-corrected chi connectivity index (χ0v) is 11.6. The first-order valence-corrected chi connectivity index (χ1v) is 6.18. The van der Waals surface area contributed by atoms with Crippen LogP contribution in [0.4, 0.5) is 5.69 Å². The summed E-state index contributed by atoms with van der Waals surface area (Å²) in [6.07, 6.45) is 0.509. The van der Waals surface area contributed by atoms with Crippen molar-refractivity contribution >= 4 is 34.2 Å². The van der Waals surface area contributed by atoms with E-state index in [4.69, 9.17) is 4.74 Å². The SMILES string of the molecule is CCC(C)OC(=O)c1cc([N+](=O)[O-])ccc1I. The van der Waals surface area contributed by atoms with Crippen LogP contribution in [0.15, 0.2) is 18.2 Å². The van der Waals surface area contributed by atoms with Gasteiger partial charge in [0.15, 0.2) is 0 Å². The molecule has 6 heteroatoms. The number of ether oxygens (including phenoxy) is 1. The van der Waals surface area contributed by atoms with E-state index in [2.05, 4.69) is 0 Å². The molecule has 0 aromatic heterocycles. The van der Waals surface area contributed by atoms with Gasteiger partial charge < -0.3 is 4.74 Å². The van der Waals surface area contributed by atoms with E-state index < -0.39 is 10.9 Å². The number of esters is 1. The number of rotatable bonds is 4. The van der Waals surface area contributed by atoms with Crippen LogP contribution in [0.1, 0.15) is 30.6 Å². The van der Waals surface area contributed by atoms with E-state index in [9.17, 15) is 14.9 Å². The van der Waals surface area contributed by atoms with Crippen LogP contribution in [0.25, 0.3) is 0 Å². The molecule has 5 nitrogen and oxygen atoms in total. The standard InChI is InChI=1S/C11H12INO4/c1-3-7(2)17-11(14)9-6-8(13(15)16)4-5-10(9)12/h4-7H,3H2,1-2H3. The second kappa shape index (κ2) is 5.95. The van der Waals surface area contributed by atoms with Crippen molar-refractivity contribution in [1.29, 1.82) is 0 Å². The third-order valence-electron chi connectivity index (χ3n) is 2.26. The highest BCUT2D eigenvalue weighted by Crippen LogP contribution is 2.20. The number of hydrogen-bond donors (Lipinski definition) is 0. The predicted molar refractivity (Wildman–Crippen MR) is 71.0 cm³/mol. The van der Waals surface area contributed by atoms with Crippen molar-refractivity contribution in [1.82, 2.24) is 0 Å². The topological polar surface area (TPSA) is 69.4 Å². The summed E-state index contributed by atoms with van der Waals surface area (Å²) in [6.45, 7) is 3.68. The zero-order valence-electron chi connectivity index (χ0n) is 9.47. The van der Waals surface area contributed by atoms with E-state index in [0.717, 1.165) is 0 Å². The Morgan fingerprint density at radius 2 is 2.24 bits per heavy atom. The Morgan fingerprint density at radius 3 is 2.76 bits per heavy atom. The average Bonchev–Trinajstić information content (AvgIpc) is 2.28. The molecule has 0 N–H and O–H groups in total. The molecule has 92 valence electrons. The van der Waals surface area contributed by atoms with Gasteiger partial charge in [0, 0.05) is 15.7 Å². The summed E-state index contributed by atoms with van der Waals surface area (Å²) in [6, 6.07) is 4.14. The third-order valence-corrected chi connectivity index (χ3v) is 3.20. The van der Waals surface area contributed by atoms with Gasteiger partial charge in [-0.1, -0.05) is 6.92 Å². The van der Waals surface area contributed by atoms with Crippen LogP contribution < -0.4 is 0 Å². The van der Waals surface area contributed by atoms with Crippen LogP contribution in [0, 0.1) is 13.7 Å². The minimum Gasteiger partial charge on any atom is -0.459 e. The lowest BCUT2D eigenvalue weighted by Crippen LogP contribution is -2.15. The zero-order chi connectivity index (χ0) is 13.0. The molecule has 1 rings (SSSR count). The molecule has 0 heterocycles. The number of halogens is 1. The molecule has 1 aromatic carbocycles. The van der Waals surface area contributed by atoms with Crippen molar-refractivity contribution in [2.75, 3.05) is 0 Å². The molecule has 0 spiro atoms. The first kappa shape index (κ1) is 13.9. The first-order chi connectivity index (χ1) is 7.95. The van der Waals surface area contributed by atoms with Crippen molar-refractivity contribution in [2.45, 2.75) is 26.4 Å². The number of non-ortho nitro benzene ring substituents is 1. The van der Waals surface area contributed by atoms with Crippen LogP contribution in [0.3, 0.4) is 0 Å². The second-order valence-electron chi connectivity index (χ2n) is 3.55. The lowest BCUT2D eigenvalue weighted by Gasteiger charge is -2.11. The molecule has 0 aliphatic carbocycles. The fourth-order valence-electron chi connectivity index (χ4n) is 1.11. The quantitative estimate of drug-likeness (QED) is 0.362. The van der Waals surface area contributed by atoms with Crippen LogP contribution in [-0.4, -0.2) is 17.0 Å². The largest absolute Gasteiger partial charge is 0.459 e. The molecule has 0 saturated carbocycles. The molecule has 0 saturated heterocycles. The number of nitrogens with zero attached hydrogens (tertiary/aromatic N) is 1. The summed E-state index contributed by atoms with van der Waals surface area (Å²) in [7, 11) is 0. The molecule has 17 heavy (non-hydrogen) atoms. The molecule has 0 aliphatic heterocycles. The summed E-state index contributed by atoms with van der Waals surface area (Å²) in [5.41, 5.74) is 0.126. The van der Waals surface area contributed by atoms with Gasteiger partial charge >= 0.3 is 5.97 Å². The van der Waals surface area contributed by atoms with E-state index in [1.807, 2.05) is 29.5 Å². The van der Waals surface area contributed by atoms with Gasteiger partial charge in [-0.2, -0.15) is 0 Å². The van der Waals surface area contributed by atoms with Gasteiger partial charge in [0.05, 0.1) is 16.6 Å². The minimum atomic E-state index is -0.532. The maximum absolute atomic E-state index is 11.8. The highest BCUT2D eigenvalue weighted by atomic mass is 127. The highest BCUT2D eigenvalue weighted by molar-refractivity contribution is 14.1. The van der Waals surface area contributed by atoms with E-state index >= 15 is 0 Å². The van der Waals surface area contributed by atoms with Crippen molar-refractivity contribution in [3.05, 3.63) is 37.4 Å². The molecular formula is C11H12INO4. The van der Waals surface area contributed by atoms with Gasteiger partial charge in [-0.05, 0) is 42.0 Å². The summed E-state index contributed by atoms with van der Waals surface area (Å²) < 4.78 is 5.78. The summed E-state index contributed by atoms with van der Waals surface area (Å²) in [4.78, 5) is 21.8. The van der Waals surface area contributed by atoms with Gasteiger partial charge in [-0.15, -0.1) is 0 Å². The number of nitro groups is 1. The number of carbonyl (C=O) groups is 1. The van der Waals surface area contributed by atoms with Crippen molar-refractivity contribution < 1.29 is 14.5 Å². The Balaban J connectivity index is 3.00.